The van der Waals surface area contributed by atoms with Crippen LogP contribution in [0.5, 0.6) is 5.75 Å². The van der Waals surface area contributed by atoms with Gasteiger partial charge in [0.1, 0.15) is 12.3 Å². The first-order valence-corrected chi connectivity index (χ1v) is 10.8. The summed E-state index contributed by atoms with van der Waals surface area (Å²) in [7, 11) is 2.13. The van der Waals surface area contributed by atoms with Gasteiger partial charge in [0, 0.05) is 57.4 Å². The molecule has 10 nitrogen and oxygen atoms in total. The van der Waals surface area contributed by atoms with Gasteiger partial charge < -0.3 is 14.5 Å². The van der Waals surface area contributed by atoms with Crippen LogP contribution in [0, 0.1) is 10.1 Å². The van der Waals surface area contributed by atoms with Crippen LogP contribution in [0.15, 0.2) is 18.2 Å². The number of nitrogens with zero attached hydrogens (tertiary/aromatic N) is 5. The highest BCUT2D eigenvalue weighted by Crippen LogP contribution is 2.35. The molecule has 0 bridgehead atoms. The summed E-state index contributed by atoms with van der Waals surface area (Å²) in [6.45, 7) is 5.08. The van der Waals surface area contributed by atoms with E-state index in [4.69, 9.17) is 4.74 Å². The summed E-state index contributed by atoms with van der Waals surface area (Å²) in [5.41, 5.74) is 0.142. The van der Waals surface area contributed by atoms with Gasteiger partial charge in [0.05, 0.1) is 10.6 Å². The number of amides is 2. The Labute approximate surface area is 181 Å². The van der Waals surface area contributed by atoms with Gasteiger partial charge in [0.25, 0.3) is 11.6 Å². The quantitative estimate of drug-likeness (QED) is 0.517. The molecule has 2 fully saturated rings. The molecule has 1 aromatic carbocycles. The number of fused-ring (bicyclic) bond motifs is 1. The molecular formula is C21H29N5O5. The minimum Gasteiger partial charge on any atom is -0.482 e. The van der Waals surface area contributed by atoms with Gasteiger partial charge in [-0.25, -0.2) is 0 Å². The van der Waals surface area contributed by atoms with Gasteiger partial charge in [-0.15, -0.1) is 0 Å². The molecule has 3 aliphatic heterocycles. The van der Waals surface area contributed by atoms with Gasteiger partial charge >= 0.3 is 0 Å². The van der Waals surface area contributed by atoms with Gasteiger partial charge in [-0.1, -0.05) is 6.42 Å². The number of likely N-dealkylation sites (tertiary alicyclic amines) is 1. The van der Waals surface area contributed by atoms with Crippen molar-refractivity contribution in [3.8, 4) is 5.75 Å². The van der Waals surface area contributed by atoms with Crippen LogP contribution in [-0.4, -0.2) is 96.9 Å². The lowest BCUT2D eigenvalue weighted by atomic mass is 10.1. The maximum Gasteiger partial charge on any atom is 0.271 e. The third-order valence-electron chi connectivity index (χ3n) is 6.44. The van der Waals surface area contributed by atoms with Crippen molar-refractivity contribution >= 4 is 23.2 Å². The van der Waals surface area contributed by atoms with Crippen LogP contribution in [0.4, 0.5) is 11.4 Å². The molecule has 10 heteroatoms. The molecule has 1 atom stereocenters. The summed E-state index contributed by atoms with van der Waals surface area (Å²) in [5, 5.41) is 11.2. The monoisotopic (exact) mass is 431 g/mol. The largest absolute Gasteiger partial charge is 0.482 e. The van der Waals surface area contributed by atoms with E-state index in [0.29, 0.717) is 24.9 Å². The molecule has 3 heterocycles. The molecule has 0 saturated carbocycles. The highest BCUT2D eigenvalue weighted by atomic mass is 16.6. The summed E-state index contributed by atoms with van der Waals surface area (Å²) in [5.74, 6) is -0.121. The van der Waals surface area contributed by atoms with Crippen molar-refractivity contribution in [1.82, 2.24) is 14.7 Å². The van der Waals surface area contributed by atoms with Crippen molar-refractivity contribution < 1.29 is 19.2 Å². The number of benzene rings is 1. The van der Waals surface area contributed by atoms with E-state index in [0.717, 1.165) is 45.4 Å². The number of anilines is 1. The Morgan fingerprint density at radius 1 is 1.19 bits per heavy atom. The second kappa shape index (κ2) is 9.19. The number of piperazine rings is 1. The van der Waals surface area contributed by atoms with Crippen molar-refractivity contribution in [2.45, 2.75) is 25.3 Å². The maximum absolute atomic E-state index is 13.2. The summed E-state index contributed by atoms with van der Waals surface area (Å²) in [6, 6.07) is 4.44. The molecule has 2 saturated heterocycles. The van der Waals surface area contributed by atoms with E-state index >= 15 is 0 Å². The van der Waals surface area contributed by atoms with Crippen molar-refractivity contribution in [3.63, 3.8) is 0 Å². The van der Waals surface area contributed by atoms with Crippen LogP contribution in [0.3, 0.4) is 0 Å². The van der Waals surface area contributed by atoms with Crippen molar-refractivity contribution in [2.24, 2.45) is 0 Å². The zero-order chi connectivity index (χ0) is 22.0. The molecule has 2 amide bonds. The fourth-order valence-electron chi connectivity index (χ4n) is 4.54. The van der Waals surface area contributed by atoms with E-state index in [-0.39, 0.29) is 36.3 Å². The second-order valence-electron chi connectivity index (χ2n) is 8.51. The predicted octanol–water partition coefficient (Wildman–Crippen LogP) is 0.949. The Morgan fingerprint density at radius 2 is 1.97 bits per heavy atom. The number of ether oxygens (including phenoxy) is 1. The van der Waals surface area contributed by atoms with Gasteiger partial charge in [-0.2, -0.15) is 0 Å². The number of non-ortho nitro benzene ring substituents is 1. The summed E-state index contributed by atoms with van der Waals surface area (Å²) in [6.07, 6.45) is 3.08. The number of rotatable bonds is 4. The minimum atomic E-state index is -0.519. The number of nitro benzene ring substituents is 1. The molecule has 0 aliphatic carbocycles. The molecule has 3 aliphatic rings. The number of carbonyl (C=O) groups is 2. The lowest BCUT2D eigenvalue weighted by Gasteiger charge is -2.39. The summed E-state index contributed by atoms with van der Waals surface area (Å²) >= 11 is 0. The normalized spacial score (nSPS) is 23.1. The zero-order valence-electron chi connectivity index (χ0n) is 17.9. The predicted molar refractivity (Wildman–Crippen MR) is 114 cm³/mol. The smallest absolute Gasteiger partial charge is 0.271 e. The molecule has 0 aromatic heterocycles. The van der Waals surface area contributed by atoms with Gasteiger partial charge in [-0.05, 0) is 26.0 Å². The fraction of sp³-hybridized carbons (Fsp3) is 0.619. The first-order valence-electron chi connectivity index (χ1n) is 10.8. The van der Waals surface area contributed by atoms with Crippen molar-refractivity contribution in [3.05, 3.63) is 28.3 Å². The Morgan fingerprint density at radius 3 is 2.71 bits per heavy atom. The number of hydrogen-bond donors (Lipinski definition) is 0. The van der Waals surface area contributed by atoms with Gasteiger partial charge in [0.2, 0.25) is 5.91 Å². The van der Waals surface area contributed by atoms with Gasteiger partial charge in [0.15, 0.2) is 6.61 Å². The van der Waals surface area contributed by atoms with Crippen LogP contribution < -0.4 is 9.64 Å². The second-order valence-corrected chi connectivity index (χ2v) is 8.51. The Kier molecular flexibility index (Phi) is 6.38. The molecule has 1 aromatic rings. The topological polar surface area (TPSA) is 99.5 Å². The van der Waals surface area contributed by atoms with Crippen LogP contribution in [0.2, 0.25) is 0 Å². The molecule has 0 unspecified atom stereocenters. The molecule has 31 heavy (non-hydrogen) atoms. The van der Waals surface area contributed by atoms with Crippen LogP contribution >= 0.6 is 0 Å². The average Bonchev–Trinajstić information content (AvgIpc) is 3.02. The first-order chi connectivity index (χ1) is 14.9. The highest BCUT2D eigenvalue weighted by Gasteiger charge is 2.33. The Balaban J connectivity index is 1.47. The average molecular weight is 431 g/mol. The fourth-order valence-corrected chi connectivity index (χ4v) is 4.54. The third-order valence-corrected chi connectivity index (χ3v) is 6.44. The van der Waals surface area contributed by atoms with E-state index in [1.807, 2.05) is 4.90 Å². The van der Waals surface area contributed by atoms with Crippen molar-refractivity contribution in [2.75, 3.05) is 64.4 Å². The van der Waals surface area contributed by atoms with Crippen LogP contribution in [0.25, 0.3) is 0 Å². The Bertz CT molecular complexity index is 855. The number of nitro groups is 1. The van der Waals surface area contributed by atoms with E-state index in [1.165, 1.54) is 23.1 Å². The third kappa shape index (κ3) is 4.80. The molecule has 0 N–H and O–H groups in total. The molecule has 0 spiro atoms. The van der Waals surface area contributed by atoms with E-state index in [1.54, 1.807) is 0 Å². The van der Waals surface area contributed by atoms with Gasteiger partial charge in [-0.3, -0.25) is 29.5 Å². The minimum absolute atomic E-state index is 0.131. The van der Waals surface area contributed by atoms with Crippen LogP contribution in [0.1, 0.15) is 19.3 Å². The van der Waals surface area contributed by atoms with E-state index in [9.17, 15) is 19.7 Å². The molecule has 4 rings (SSSR count). The molecule has 168 valence electrons. The molecular weight excluding hydrogens is 402 g/mol. The Hall–Kier alpha value is -2.72. The number of likely N-dealkylation sites (N-methyl/N-ethyl adjacent to an activating group) is 1. The molecule has 0 radical (unpaired) electrons. The highest BCUT2D eigenvalue weighted by molar-refractivity contribution is 6.02. The van der Waals surface area contributed by atoms with Crippen LogP contribution in [-0.2, 0) is 9.59 Å². The lowest BCUT2D eigenvalue weighted by Crippen LogP contribution is -2.53. The summed E-state index contributed by atoms with van der Waals surface area (Å²) < 4.78 is 5.40. The number of carbonyl (C=O) groups excluding carboxylic acids is 2. The first kappa shape index (κ1) is 21.5. The van der Waals surface area contributed by atoms with Crippen molar-refractivity contribution in [1.29, 1.82) is 0 Å². The lowest BCUT2D eigenvalue weighted by molar-refractivity contribution is -0.384. The standard InChI is InChI=1S/C21H29N5O5/c1-22-8-10-23(11-9-22)17-4-2-3-7-24(13-17)20(27)14-25-18-12-16(26(29)30)5-6-19(18)31-15-21(25)28/h5-6,12,17H,2-4,7-11,13-15H2,1H3/t17-/m0/s1. The zero-order valence-corrected chi connectivity index (χ0v) is 17.9. The maximum atomic E-state index is 13.2. The van der Waals surface area contributed by atoms with E-state index in [2.05, 4.69) is 16.8 Å². The van der Waals surface area contributed by atoms with E-state index < -0.39 is 4.92 Å². The number of hydrogen-bond acceptors (Lipinski definition) is 7. The SMILES string of the molecule is CN1CCN([C@H]2CCCCN(C(=O)CN3C(=O)COc4ccc([N+](=O)[O-])cc43)C2)CC1. The summed E-state index contributed by atoms with van der Waals surface area (Å²) in [4.78, 5) is 44.3.